The van der Waals surface area contributed by atoms with Gasteiger partial charge in [0.1, 0.15) is 23.7 Å². The lowest BCUT2D eigenvalue weighted by atomic mass is 9.75. The molecule has 0 fully saturated rings. The van der Waals surface area contributed by atoms with Crippen LogP contribution in [-0.4, -0.2) is 22.2 Å². The molecule has 186 valence electrons. The van der Waals surface area contributed by atoms with Crippen molar-refractivity contribution in [3.05, 3.63) is 106 Å². The number of hydrogen-bond donors (Lipinski definition) is 2. The summed E-state index contributed by atoms with van der Waals surface area (Å²) in [5, 5.41) is 23.2. The second-order valence-corrected chi connectivity index (χ2v) is 9.80. The summed E-state index contributed by atoms with van der Waals surface area (Å²) >= 11 is 0. The van der Waals surface area contributed by atoms with Crippen LogP contribution in [0.25, 0.3) is 22.0 Å². The topological polar surface area (TPSA) is 122 Å². The number of nitrogens with two attached hydrogens (primary N) is 1. The minimum atomic E-state index is -1.53. The van der Waals surface area contributed by atoms with Crippen LogP contribution in [0.1, 0.15) is 46.1 Å². The highest BCUT2D eigenvalue weighted by atomic mass is 16.5. The minimum absolute atomic E-state index is 0.139. The van der Waals surface area contributed by atoms with Crippen LogP contribution in [0.15, 0.2) is 83.5 Å². The van der Waals surface area contributed by atoms with E-state index in [0.29, 0.717) is 39.9 Å². The first-order chi connectivity index (χ1) is 18.4. The van der Waals surface area contributed by atoms with Crippen LogP contribution < -0.4 is 10.5 Å². The maximum absolute atomic E-state index is 12.6. The van der Waals surface area contributed by atoms with E-state index in [1.54, 1.807) is 30.5 Å². The Balaban J connectivity index is 1.71. The fraction of sp³-hybridized carbons (Fsp3) is 0.161. The molecule has 3 N–H and O–H groups in total. The van der Waals surface area contributed by atoms with Gasteiger partial charge in [-0.05, 0) is 82.6 Å². The SMILES string of the molecule is CC1C=NC=C(C2(O)c3ccc(C#N)c(c3)COc3cccc(c3)-c3cc(C(N)=O)nc4ccc2cc34)C1. The molecule has 6 rings (SSSR count). The average molecular weight is 501 g/mol. The number of aromatic nitrogens is 1. The van der Waals surface area contributed by atoms with E-state index in [2.05, 4.69) is 23.0 Å². The molecule has 2 atom stereocenters. The number of pyridine rings is 1. The van der Waals surface area contributed by atoms with E-state index in [1.165, 1.54) is 0 Å². The van der Waals surface area contributed by atoms with E-state index in [-0.39, 0.29) is 18.2 Å². The zero-order valence-corrected chi connectivity index (χ0v) is 20.7. The zero-order valence-electron chi connectivity index (χ0n) is 20.7. The molecular weight excluding hydrogens is 476 g/mol. The van der Waals surface area contributed by atoms with Crippen LogP contribution in [0, 0.1) is 17.2 Å². The lowest BCUT2D eigenvalue weighted by Gasteiger charge is -2.34. The van der Waals surface area contributed by atoms with Crippen LogP contribution in [0.3, 0.4) is 0 Å². The standard InChI is InChI=1S/C31H24N4O3/c1-18-9-24(16-34-15-18)31(37)22-6-5-20(14-32)21(10-22)17-38-25-4-2-3-19(11-25)26-13-29(30(33)36)35-28-8-7-23(31)12-27(26)28/h2-8,10-13,15-16,18,37H,9,17H2,1H3,(H2,33,36). The number of ether oxygens (including phenoxy) is 1. The van der Waals surface area contributed by atoms with Gasteiger partial charge in [-0.1, -0.05) is 31.2 Å². The molecule has 7 heteroatoms. The van der Waals surface area contributed by atoms with Crippen molar-refractivity contribution in [1.29, 1.82) is 5.26 Å². The van der Waals surface area contributed by atoms with Gasteiger partial charge in [-0.15, -0.1) is 0 Å². The van der Waals surface area contributed by atoms with Gasteiger partial charge in [0.15, 0.2) is 0 Å². The first kappa shape index (κ1) is 23.6. The smallest absolute Gasteiger partial charge is 0.267 e. The van der Waals surface area contributed by atoms with Gasteiger partial charge in [-0.2, -0.15) is 5.26 Å². The number of carbonyl (C=O) groups excluding carboxylic acids is 1. The largest absolute Gasteiger partial charge is 0.489 e. The molecule has 7 nitrogen and oxygen atoms in total. The summed E-state index contributed by atoms with van der Waals surface area (Å²) < 4.78 is 6.13. The van der Waals surface area contributed by atoms with Crippen LogP contribution in [-0.2, 0) is 12.2 Å². The summed E-state index contributed by atoms with van der Waals surface area (Å²) in [6.45, 7) is 2.19. The summed E-state index contributed by atoms with van der Waals surface area (Å²) in [4.78, 5) is 21.0. The first-order valence-electron chi connectivity index (χ1n) is 12.3. The third-order valence-corrected chi connectivity index (χ3v) is 7.24. The highest BCUT2D eigenvalue weighted by Crippen LogP contribution is 2.43. The van der Waals surface area contributed by atoms with Crippen LogP contribution in [0.2, 0.25) is 0 Å². The lowest BCUT2D eigenvalue weighted by molar-refractivity contribution is 0.0995. The average Bonchev–Trinajstić information content (AvgIpc) is 2.94. The molecule has 2 aliphatic heterocycles. The number of nitrogens with zero attached hydrogens (tertiary/aromatic N) is 3. The molecule has 0 saturated carbocycles. The quantitative estimate of drug-likeness (QED) is 0.401. The van der Waals surface area contributed by atoms with E-state index in [4.69, 9.17) is 10.5 Å². The molecule has 4 aromatic rings. The van der Waals surface area contributed by atoms with E-state index in [1.807, 2.05) is 48.7 Å². The summed E-state index contributed by atoms with van der Waals surface area (Å²) in [6, 6.07) is 22.3. The van der Waals surface area contributed by atoms with Crippen molar-refractivity contribution < 1.29 is 14.6 Å². The maximum atomic E-state index is 12.6. The fourth-order valence-corrected chi connectivity index (χ4v) is 5.29. The molecule has 38 heavy (non-hydrogen) atoms. The molecule has 2 unspecified atom stereocenters. The van der Waals surface area contributed by atoms with Crippen LogP contribution in [0.5, 0.6) is 5.75 Å². The number of benzene rings is 3. The number of aliphatic imine (C=N–C) groups is 1. The predicted molar refractivity (Wildman–Crippen MR) is 145 cm³/mol. The van der Waals surface area contributed by atoms with Gasteiger partial charge < -0.3 is 15.6 Å². The van der Waals surface area contributed by atoms with Crippen molar-refractivity contribution in [3.8, 4) is 22.9 Å². The van der Waals surface area contributed by atoms with Crippen molar-refractivity contribution in [2.75, 3.05) is 0 Å². The van der Waals surface area contributed by atoms with Gasteiger partial charge in [-0.25, -0.2) is 4.98 Å². The molecular formula is C31H24N4O3. The second kappa shape index (κ2) is 8.94. The number of rotatable bonds is 2. The van der Waals surface area contributed by atoms with Gasteiger partial charge in [0.2, 0.25) is 0 Å². The summed E-state index contributed by atoms with van der Waals surface area (Å²) in [5.74, 6) is 0.117. The van der Waals surface area contributed by atoms with Crippen molar-refractivity contribution >= 4 is 23.0 Å². The number of carbonyl (C=O) groups is 1. The van der Waals surface area contributed by atoms with E-state index in [0.717, 1.165) is 22.1 Å². The molecule has 6 bridgehead atoms. The Labute approximate surface area is 219 Å². The Morgan fingerprint density at radius 1 is 1.13 bits per heavy atom. The molecule has 0 radical (unpaired) electrons. The Kier molecular flexibility index (Phi) is 5.55. The van der Waals surface area contributed by atoms with Gasteiger partial charge >= 0.3 is 0 Å². The molecule has 3 aromatic carbocycles. The zero-order chi connectivity index (χ0) is 26.4. The Hall–Kier alpha value is -4.80. The van der Waals surface area contributed by atoms with Crippen molar-refractivity contribution in [1.82, 2.24) is 4.98 Å². The minimum Gasteiger partial charge on any atom is -0.489 e. The van der Waals surface area contributed by atoms with Crippen molar-refractivity contribution in [2.45, 2.75) is 25.6 Å². The Morgan fingerprint density at radius 2 is 1.95 bits per heavy atom. The molecule has 0 spiro atoms. The lowest BCUT2D eigenvalue weighted by Crippen LogP contribution is -2.32. The van der Waals surface area contributed by atoms with Crippen LogP contribution >= 0.6 is 0 Å². The van der Waals surface area contributed by atoms with Crippen molar-refractivity contribution in [2.24, 2.45) is 16.6 Å². The van der Waals surface area contributed by atoms with Gasteiger partial charge in [0.25, 0.3) is 5.91 Å². The highest BCUT2D eigenvalue weighted by Gasteiger charge is 2.38. The van der Waals surface area contributed by atoms with Gasteiger partial charge in [-0.3, -0.25) is 9.79 Å². The normalized spacial score (nSPS) is 19.9. The number of fused-ring (bicyclic) bond motifs is 6. The van der Waals surface area contributed by atoms with Gasteiger partial charge in [0, 0.05) is 23.4 Å². The fourth-order valence-electron chi connectivity index (χ4n) is 5.29. The molecule has 0 saturated heterocycles. The third-order valence-electron chi connectivity index (χ3n) is 7.24. The first-order valence-corrected chi connectivity index (χ1v) is 12.3. The second-order valence-electron chi connectivity index (χ2n) is 9.80. The molecule has 1 aromatic heterocycles. The molecule has 0 aliphatic carbocycles. The molecule has 3 heterocycles. The number of nitriles is 1. The highest BCUT2D eigenvalue weighted by molar-refractivity contribution is 6.01. The predicted octanol–water partition coefficient (Wildman–Crippen LogP) is 5.00. The summed E-state index contributed by atoms with van der Waals surface area (Å²) in [5.41, 5.74) is 9.47. The maximum Gasteiger partial charge on any atom is 0.267 e. The Morgan fingerprint density at radius 3 is 2.74 bits per heavy atom. The van der Waals surface area contributed by atoms with Crippen molar-refractivity contribution in [3.63, 3.8) is 0 Å². The van der Waals surface area contributed by atoms with E-state index in [9.17, 15) is 15.2 Å². The van der Waals surface area contributed by atoms with E-state index < -0.39 is 11.5 Å². The van der Waals surface area contributed by atoms with Crippen LogP contribution in [0.4, 0.5) is 0 Å². The monoisotopic (exact) mass is 500 g/mol. The number of amides is 1. The van der Waals surface area contributed by atoms with E-state index >= 15 is 0 Å². The summed E-state index contributed by atoms with van der Waals surface area (Å²) in [7, 11) is 0. The molecule has 2 aliphatic rings. The third kappa shape index (κ3) is 3.83. The number of aliphatic hydroxyl groups is 1. The Bertz CT molecular complexity index is 1730. The van der Waals surface area contributed by atoms with Gasteiger partial charge in [0.05, 0.1) is 17.1 Å². The molecule has 1 amide bonds. The number of primary amides is 1. The number of hydrogen-bond acceptors (Lipinski definition) is 6. The summed E-state index contributed by atoms with van der Waals surface area (Å²) in [6.07, 6.45) is 4.19.